The zero-order valence-corrected chi connectivity index (χ0v) is 11.0. The van der Waals surface area contributed by atoms with Crippen LogP contribution in [0.2, 0.25) is 0 Å². The van der Waals surface area contributed by atoms with E-state index in [0.717, 1.165) is 24.1 Å². The molecule has 3 nitrogen and oxygen atoms in total. The Morgan fingerprint density at radius 3 is 2.76 bits per heavy atom. The van der Waals surface area contributed by atoms with E-state index in [1.807, 2.05) is 0 Å². The van der Waals surface area contributed by atoms with Crippen LogP contribution < -0.4 is 5.73 Å². The number of hydrogen-bond donors (Lipinski definition) is 1. The first-order valence-electron chi connectivity index (χ1n) is 6.77. The molecule has 3 heteroatoms. The number of hydrogen-bond acceptors (Lipinski definition) is 3. The molecule has 0 saturated heterocycles. The fraction of sp³-hybridized carbons (Fsp3) is 0.714. The zero-order valence-electron chi connectivity index (χ0n) is 11.0. The Balaban J connectivity index is 1.95. The minimum atomic E-state index is 0.504. The molecule has 0 atom stereocenters. The lowest BCUT2D eigenvalue weighted by Crippen LogP contribution is -2.26. The fourth-order valence-corrected chi connectivity index (χ4v) is 2.26. The van der Waals surface area contributed by atoms with Crippen LogP contribution in [-0.4, -0.2) is 17.5 Å². The minimum Gasteiger partial charge on any atom is -0.463 e. The summed E-state index contributed by atoms with van der Waals surface area (Å²) in [6, 6.07) is 2.94. The van der Waals surface area contributed by atoms with Crippen molar-refractivity contribution in [1.29, 1.82) is 0 Å². The quantitative estimate of drug-likeness (QED) is 0.791. The van der Waals surface area contributed by atoms with Crippen LogP contribution in [0.1, 0.15) is 49.7 Å². The van der Waals surface area contributed by atoms with Gasteiger partial charge in [0.2, 0.25) is 0 Å². The summed E-state index contributed by atoms with van der Waals surface area (Å²) in [7, 11) is 0. The summed E-state index contributed by atoms with van der Waals surface area (Å²) in [5, 5.41) is 0. The predicted molar refractivity (Wildman–Crippen MR) is 69.7 cm³/mol. The molecule has 0 bridgehead atoms. The third kappa shape index (κ3) is 3.33. The molecule has 1 saturated carbocycles. The third-order valence-corrected chi connectivity index (χ3v) is 3.48. The number of aryl methyl sites for hydroxylation is 1. The molecule has 1 fully saturated rings. The van der Waals surface area contributed by atoms with Gasteiger partial charge in [0.05, 0.1) is 13.1 Å². The predicted octanol–water partition coefficient (Wildman–Crippen LogP) is 2.81. The maximum Gasteiger partial charge on any atom is 0.120 e. The second kappa shape index (κ2) is 5.69. The molecule has 0 radical (unpaired) electrons. The summed E-state index contributed by atoms with van der Waals surface area (Å²) in [4.78, 5) is 2.56. The summed E-state index contributed by atoms with van der Waals surface area (Å²) in [5.74, 6) is 2.01. The first-order chi connectivity index (χ1) is 8.24. The van der Waals surface area contributed by atoms with Crippen LogP contribution in [0.3, 0.4) is 0 Å². The maximum atomic E-state index is 5.79. The monoisotopic (exact) mass is 236 g/mol. The average molecular weight is 236 g/mol. The normalized spacial score (nSPS) is 15.8. The van der Waals surface area contributed by atoms with Crippen molar-refractivity contribution in [3.05, 3.63) is 23.2 Å². The van der Waals surface area contributed by atoms with Crippen LogP contribution in [0.25, 0.3) is 0 Å². The lowest BCUT2D eigenvalue weighted by atomic mass is 10.2. The molecule has 0 unspecified atom stereocenters. The van der Waals surface area contributed by atoms with Gasteiger partial charge in [0, 0.05) is 6.04 Å². The number of furan rings is 1. The van der Waals surface area contributed by atoms with Crippen molar-refractivity contribution in [3.8, 4) is 0 Å². The molecular formula is C14H24N2O. The van der Waals surface area contributed by atoms with Gasteiger partial charge in [-0.3, -0.25) is 4.90 Å². The van der Waals surface area contributed by atoms with Gasteiger partial charge in [0.25, 0.3) is 0 Å². The molecular weight excluding hydrogens is 212 g/mol. The molecule has 1 aromatic rings. The summed E-state index contributed by atoms with van der Waals surface area (Å²) < 4.78 is 5.79. The maximum absolute atomic E-state index is 5.79. The van der Waals surface area contributed by atoms with Gasteiger partial charge in [-0.1, -0.05) is 13.3 Å². The Hall–Kier alpha value is -0.800. The molecule has 1 heterocycles. The molecule has 0 spiro atoms. The van der Waals surface area contributed by atoms with Crippen molar-refractivity contribution >= 4 is 0 Å². The highest BCUT2D eigenvalue weighted by Crippen LogP contribution is 2.29. The van der Waals surface area contributed by atoms with Crippen molar-refractivity contribution in [1.82, 2.24) is 4.90 Å². The van der Waals surface area contributed by atoms with Crippen LogP contribution in [0, 0.1) is 6.92 Å². The van der Waals surface area contributed by atoms with Crippen LogP contribution in [0.5, 0.6) is 0 Å². The molecule has 1 aromatic heterocycles. The van der Waals surface area contributed by atoms with E-state index in [0.29, 0.717) is 6.54 Å². The largest absolute Gasteiger partial charge is 0.463 e. The second-order valence-electron chi connectivity index (χ2n) is 5.08. The summed E-state index contributed by atoms with van der Waals surface area (Å²) in [6.07, 6.45) is 5.24. The molecule has 1 aliphatic rings. The van der Waals surface area contributed by atoms with E-state index in [9.17, 15) is 0 Å². The van der Waals surface area contributed by atoms with Crippen LogP contribution >= 0.6 is 0 Å². The minimum absolute atomic E-state index is 0.504. The van der Waals surface area contributed by atoms with E-state index in [-0.39, 0.29) is 0 Å². The number of nitrogens with two attached hydrogens (primary N) is 1. The Kier molecular flexibility index (Phi) is 4.24. The average Bonchev–Trinajstić information content (AvgIpc) is 3.09. The van der Waals surface area contributed by atoms with Crippen molar-refractivity contribution in [2.24, 2.45) is 5.73 Å². The molecule has 0 aliphatic heterocycles. The zero-order chi connectivity index (χ0) is 12.3. The Bertz CT molecular complexity index is 355. The highest BCUT2D eigenvalue weighted by Gasteiger charge is 2.29. The lowest BCUT2D eigenvalue weighted by molar-refractivity contribution is 0.228. The topological polar surface area (TPSA) is 42.4 Å². The smallest absolute Gasteiger partial charge is 0.120 e. The van der Waals surface area contributed by atoms with Crippen LogP contribution in [-0.2, 0) is 13.1 Å². The third-order valence-electron chi connectivity index (χ3n) is 3.48. The summed E-state index contributed by atoms with van der Waals surface area (Å²) in [5.41, 5.74) is 6.83. The Morgan fingerprint density at radius 1 is 1.47 bits per heavy atom. The van der Waals surface area contributed by atoms with Gasteiger partial charge < -0.3 is 10.2 Å². The van der Waals surface area contributed by atoms with E-state index < -0.39 is 0 Å². The second-order valence-corrected chi connectivity index (χ2v) is 5.08. The van der Waals surface area contributed by atoms with Crippen LogP contribution in [0.15, 0.2) is 10.5 Å². The van der Waals surface area contributed by atoms with Crippen molar-refractivity contribution in [3.63, 3.8) is 0 Å². The van der Waals surface area contributed by atoms with Crippen molar-refractivity contribution in [2.45, 2.75) is 58.7 Å². The molecule has 17 heavy (non-hydrogen) atoms. The first-order valence-corrected chi connectivity index (χ1v) is 6.77. The standard InChI is InChI=1S/C14H24N2O/c1-3-4-7-16(12-5-6-12)10-13-8-11(2)14(9-15)17-13/h8,12H,3-7,9-10,15H2,1-2H3. The van der Waals surface area contributed by atoms with E-state index in [1.54, 1.807) is 0 Å². The molecule has 2 rings (SSSR count). The molecule has 1 aliphatic carbocycles. The van der Waals surface area contributed by atoms with E-state index in [1.165, 1.54) is 37.8 Å². The number of nitrogens with zero attached hydrogens (tertiary/aromatic N) is 1. The van der Waals surface area contributed by atoms with Gasteiger partial charge in [0.1, 0.15) is 11.5 Å². The van der Waals surface area contributed by atoms with Crippen LogP contribution in [0.4, 0.5) is 0 Å². The van der Waals surface area contributed by atoms with E-state index in [4.69, 9.17) is 10.2 Å². The van der Waals surface area contributed by atoms with Crippen molar-refractivity contribution in [2.75, 3.05) is 6.54 Å². The highest BCUT2D eigenvalue weighted by atomic mass is 16.3. The number of unbranched alkanes of at least 4 members (excludes halogenated alkanes) is 1. The summed E-state index contributed by atoms with van der Waals surface area (Å²) in [6.45, 7) is 6.96. The molecule has 0 aromatic carbocycles. The number of rotatable bonds is 7. The van der Waals surface area contributed by atoms with E-state index >= 15 is 0 Å². The highest BCUT2D eigenvalue weighted by molar-refractivity contribution is 5.20. The van der Waals surface area contributed by atoms with Gasteiger partial charge >= 0.3 is 0 Å². The molecule has 96 valence electrons. The summed E-state index contributed by atoms with van der Waals surface area (Å²) >= 11 is 0. The first kappa shape index (κ1) is 12.7. The van der Waals surface area contributed by atoms with Gasteiger partial charge in [-0.05, 0) is 44.4 Å². The molecule has 2 N–H and O–H groups in total. The van der Waals surface area contributed by atoms with Gasteiger partial charge in [-0.25, -0.2) is 0 Å². The van der Waals surface area contributed by atoms with Gasteiger partial charge in [-0.15, -0.1) is 0 Å². The van der Waals surface area contributed by atoms with Gasteiger partial charge in [0.15, 0.2) is 0 Å². The Morgan fingerprint density at radius 2 is 2.24 bits per heavy atom. The molecule has 0 amide bonds. The van der Waals surface area contributed by atoms with Gasteiger partial charge in [-0.2, -0.15) is 0 Å². The Labute approximate surface area is 104 Å². The SMILES string of the molecule is CCCCN(Cc1cc(C)c(CN)o1)C1CC1. The lowest BCUT2D eigenvalue weighted by Gasteiger charge is -2.20. The van der Waals surface area contributed by atoms with Crippen molar-refractivity contribution < 1.29 is 4.42 Å². The fourth-order valence-electron chi connectivity index (χ4n) is 2.26. The van der Waals surface area contributed by atoms with E-state index in [2.05, 4.69) is 24.8 Å².